The van der Waals surface area contributed by atoms with E-state index in [9.17, 15) is 13.6 Å². The normalized spacial score (nSPS) is 10.3. The maximum atomic E-state index is 13.1. The molecule has 1 aromatic carbocycles. The number of aromatic nitrogens is 1. The van der Waals surface area contributed by atoms with Crippen molar-refractivity contribution in [2.75, 3.05) is 12.8 Å². The summed E-state index contributed by atoms with van der Waals surface area (Å²) in [7, 11) is 1.54. The molecule has 0 spiro atoms. The number of anilines is 1. The predicted molar refractivity (Wildman–Crippen MR) is 70.8 cm³/mol. The van der Waals surface area contributed by atoms with Crippen LogP contribution < -0.4 is 5.73 Å². The van der Waals surface area contributed by atoms with E-state index >= 15 is 0 Å². The van der Waals surface area contributed by atoms with E-state index < -0.39 is 11.6 Å². The summed E-state index contributed by atoms with van der Waals surface area (Å²) in [5.41, 5.74) is 6.57. The molecule has 0 aliphatic heterocycles. The summed E-state index contributed by atoms with van der Waals surface area (Å²) < 4.78 is 25.9. The maximum absolute atomic E-state index is 13.1. The summed E-state index contributed by atoms with van der Waals surface area (Å²) >= 11 is 0. The topological polar surface area (TPSA) is 59.2 Å². The molecule has 4 nitrogen and oxygen atoms in total. The van der Waals surface area contributed by atoms with Gasteiger partial charge < -0.3 is 10.6 Å². The van der Waals surface area contributed by atoms with E-state index in [0.29, 0.717) is 5.56 Å². The third-order valence-corrected chi connectivity index (χ3v) is 2.79. The number of halogens is 2. The van der Waals surface area contributed by atoms with E-state index in [1.54, 1.807) is 12.1 Å². The van der Waals surface area contributed by atoms with E-state index in [-0.39, 0.29) is 23.8 Å². The van der Waals surface area contributed by atoms with Crippen LogP contribution in [0.1, 0.15) is 16.1 Å². The molecule has 0 unspecified atom stereocenters. The van der Waals surface area contributed by atoms with Gasteiger partial charge in [0.1, 0.15) is 0 Å². The number of hydrogen-bond donors (Lipinski definition) is 1. The van der Waals surface area contributed by atoms with Gasteiger partial charge in [0, 0.05) is 19.8 Å². The molecule has 0 saturated heterocycles. The van der Waals surface area contributed by atoms with Crippen molar-refractivity contribution in [3.05, 3.63) is 59.4 Å². The summed E-state index contributed by atoms with van der Waals surface area (Å²) in [5.74, 6) is -2.25. The lowest BCUT2D eigenvalue weighted by Crippen LogP contribution is -2.27. The van der Waals surface area contributed by atoms with Gasteiger partial charge in [-0.05, 0) is 29.8 Å². The van der Waals surface area contributed by atoms with Gasteiger partial charge in [0.2, 0.25) is 0 Å². The van der Waals surface area contributed by atoms with Crippen molar-refractivity contribution in [1.82, 2.24) is 9.88 Å². The Hall–Kier alpha value is -2.50. The van der Waals surface area contributed by atoms with Crippen LogP contribution in [0.3, 0.4) is 0 Å². The minimum absolute atomic E-state index is 0.131. The van der Waals surface area contributed by atoms with Crippen LogP contribution in [0.5, 0.6) is 0 Å². The highest BCUT2D eigenvalue weighted by Crippen LogP contribution is 2.14. The molecule has 0 radical (unpaired) electrons. The Bertz CT molecular complexity index is 646. The minimum Gasteiger partial charge on any atom is -0.397 e. The van der Waals surface area contributed by atoms with Crippen molar-refractivity contribution in [3.8, 4) is 0 Å². The molecule has 0 aliphatic carbocycles. The van der Waals surface area contributed by atoms with Crippen molar-refractivity contribution in [2.45, 2.75) is 6.54 Å². The van der Waals surface area contributed by atoms with Gasteiger partial charge in [0.25, 0.3) is 5.91 Å². The van der Waals surface area contributed by atoms with Crippen LogP contribution >= 0.6 is 0 Å². The van der Waals surface area contributed by atoms with Crippen LogP contribution in [-0.4, -0.2) is 22.8 Å². The molecule has 0 fully saturated rings. The second-order valence-electron chi connectivity index (χ2n) is 4.35. The molecule has 104 valence electrons. The number of hydrogen-bond acceptors (Lipinski definition) is 3. The molecule has 0 aliphatic rings. The van der Waals surface area contributed by atoms with Crippen LogP contribution in [0, 0.1) is 11.6 Å². The lowest BCUT2D eigenvalue weighted by molar-refractivity contribution is 0.0780. The second kappa shape index (κ2) is 5.64. The highest BCUT2D eigenvalue weighted by Gasteiger charge is 2.16. The van der Waals surface area contributed by atoms with Crippen molar-refractivity contribution >= 4 is 11.6 Å². The smallest absolute Gasteiger partial charge is 0.274 e. The maximum Gasteiger partial charge on any atom is 0.274 e. The fraction of sp³-hybridized carbons (Fsp3) is 0.143. The van der Waals surface area contributed by atoms with Crippen LogP contribution in [-0.2, 0) is 6.54 Å². The third kappa shape index (κ3) is 2.90. The molecule has 6 heteroatoms. The first-order valence-electron chi connectivity index (χ1n) is 5.89. The molecule has 1 aromatic heterocycles. The number of nitrogen functional groups attached to an aromatic ring is 1. The Balaban J connectivity index is 2.15. The number of carbonyl (C=O) groups is 1. The second-order valence-corrected chi connectivity index (χ2v) is 4.35. The predicted octanol–water partition coefficient (Wildman–Crippen LogP) is 2.21. The average Bonchev–Trinajstić information content (AvgIpc) is 2.42. The zero-order chi connectivity index (χ0) is 14.7. The Morgan fingerprint density at radius 3 is 2.70 bits per heavy atom. The zero-order valence-corrected chi connectivity index (χ0v) is 10.8. The van der Waals surface area contributed by atoms with Crippen LogP contribution in [0.2, 0.25) is 0 Å². The highest BCUT2D eigenvalue weighted by molar-refractivity contribution is 5.96. The van der Waals surface area contributed by atoms with Crippen molar-refractivity contribution in [2.24, 2.45) is 0 Å². The molecular formula is C14H13F2N3O. The summed E-state index contributed by atoms with van der Waals surface area (Å²) in [6, 6.07) is 6.70. The number of carbonyl (C=O) groups excluding carboxylic acids is 1. The van der Waals surface area contributed by atoms with Crippen LogP contribution in [0.4, 0.5) is 14.5 Å². The number of nitrogens with two attached hydrogens (primary N) is 1. The number of nitrogens with zero attached hydrogens (tertiary/aromatic N) is 2. The Kier molecular flexibility index (Phi) is 3.93. The van der Waals surface area contributed by atoms with Crippen molar-refractivity contribution in [1.29, 1.82) is 0 Å². The average molecular weight is 277 g/mol. The number of amides is 1. The molecule has 2 aromatic rings. The molecular weight excluding hydrogens is 264 g/mol. The third-order valence-electron chi connectivity index (χ3n) is 2.79. The quantitative estimate of drug-likeness (QED) is 0.935. The first-order valence-corrected chi connectivity index (χ1v) is 5.89. The molecule has 2 rings (SSSR count). The lowest BCUT2D eigenvalue weighted by atomic mass is 10.2. The van der Waals surface area contributed by atoms with E-state index in [0.717, 1.165) is 12.1 Å². The van der Waals surface area contributed by atoms with Gasteiger partial charge >= 0.3 is 0 Å². The molecule has 20 heavy (non-hydrogen) atoms. The van der Waals surface area contributed by atoms with Gasteiger partial charge in [0.15, 0.2) is 17.3 Å². The SMILES string of the molecule is CN(Cc1ccc(F)c(F)c1)C(=O)c1ncccc1N. The van der Waals surface area contributed by atoms with E-state index in [1.807, 2.05) is 0 Å². The Morgan fingerprint density at radius 1 is 1.30 bits per heavy atom. The Labute approximate surface area is 114 Å². The summed E-state index contributed by atoms with van der Waals surface area (Å²) in [6.45, 7) is 0.131. The summed E-state index contributed by atoms with van der Waals surface area (Å²) in [5, 5.41) is 0. The summed E-state index contributed by atoms with van der Waals surface area (Å²) in [4.78, 5) is 17.4. The number of pyridine rings is 1. The Morgan fingerprint density at radius 2 is 2.05 bits per heavy atom. The first-order chi connectivity index (χ1) is 9.49. The first kappa shape index (κ1) is 13.9. The minimum atomic E-state index is -0.944. The van der Waals surface area contributed by atoms with Crippen LogP contribution in [0.15, 0.2) is 36.5 Å². The lowest BCUT2D eigenvalue weighted by Gasteiger charge is -2.17. The van der Waals surface area contributed by atoms with Gasteiger partial charge in [-0.3, -0.25) is 4.79 Å². The largest absolute Gasteiger partial charge is 0.397 e. The fourth-order valence-electron chi connectivity index (χ4n) is 1.76. The van der Waals surface area contributed by atoms with Crippen LogP contribution in [0.25, 0.3) is 0 Å². The van der Waals surface area contributed by atoms with Gasteiger partial charge in [-0.1, -0.05) is 6.07 Å². The highest BCUT2D eigenvalue weighted by atomic mass is 19.2. The van der Waals surface area contributed by atoms with E-state index in [1.165, 1.54) is 24.2 Å². The fourth-order valence-corrected chi connectivity index (χ4v) is 1.76. The van der Waals surface area contributed by atoms with Gasteiger partial charge in [0.05, 0.1) is 5.69 Å². The molecule has 1 heterocycles. The van der Waals surface area contributed by atoms with Crippen molar-refractivity contribution in [3.63, 3.8) is 0 Å². The van der Waals surface area contributed by atoms with E-state index in [2.05, 4.69) is 4.98 Å². The standard InChI is InChI=1S/C14H13F2N3O/c1-19(8-9-4-5-10(15)11(16)7-9)14(20)13-12(17)3-2-6-18-13/h2-7H,8,17H2,1H3. The summed E-state index contributed by atoms with van der Waals surface area (Å²) in [6.07, 6.45) is 1.47. The molecule has 1 amide bonds. The van der Waals surface area contributed by atoms with Crippen molar-refractivity contribution < 1.29 is 13.6 Å². The molecule has 0 atom stereocenters. The zero-order valence-electron chi connectivity index (χ0n) is 10.8. The van der Waals surface area contributed by atoms with E-state index in [4.69, 9.17) is 5.73 Å². The van der Waals surface area contributed by atoms with Gasteiger partial charge in [-0.2, -0.15) is 0 Å². The number of rotatable bonds is 3. The molecule has 0 saturated carbocycles. The van der Waals surface area contributed by atoms with Gasteiger partial charge in [-0.25, -0.2) is 13.8 Å². The number of benzene rings is 1. The molecule has 2 N–H and O–H groups in total. The van der Waals surface area contributed by atoms with Gasteiger partial charge in [-0.15, -0.1) is 0 Å². The molecule has 0 bridgehead atoms. The monoisotopic (exact) mass is 277 g/mol.